The number of rotatable bonds is 1. The summed E-state index contributed by atoms with van der Waals surface area (Å²) in [5, 5.41) is 3.91. The lowest BCUT2D eigenvalue weighted by Gasteiger charge is -2.32. The number of hydrazone groups is 1. The summed E-state index contributed by atoms with van der Waals surface area (Å²) in [5.41, 5.74) is 3.45. The van der Waals surface area contributed by atoms with E-state index in [0.717, 1.165) is 5.47 Å². The van der Waals surface area contributed by atoms with E-state index in [1.54, 1.807) is 6.21 Å². The van der Waals surface area contributed by atoms with Gasteiger partial charge in [-0.15, -0.1) is 0 Å². The standard InChI is InChI=1S/C10H17BN2O2.C2H6/c1-9(2)10(3,4)15-11(14-9)8-5-6-12-13-7-8;1-2/h5-6,13H,7H2,1-4H3;1-2H3. The van der Waals surface area contributed by atoms with Crippen molar-refractivity contribution in [3.8, 4) is 0 Å². The van der Waals surface area contributed by atoms with Crippen LogP contribution < -0.4 is 5.43 Å². The fourth-order valence-corrected chi connectivity index (χ4v) is 1.54. The zero-order chi connectivity index (χ0) is 13.1. The second kappa shape index (κ2) is 5.23. The van der Waals surface area contributed by atoms with Gasteiger partial charge in [0, 0.05) is 6.21 Å². The highest BCUT2D eigenvalue weighted by Crippen LogP contribution is 2.38. The predicted octanol–water partition coefficient (Wildman–Crippen LogP) is 2.16. The van der Waals surface area contributed by atoms with Crippen molar-refractivity contribution in [2.24, 2.45) is 5.10 Å². The molecule has 0 spiro atoms. The van der Waals surface area contributed by atoms with Crippen LogP contribution in [-0.2, 0) is 9.31 Å². The van der Waals surface area contributed by atoms with E-state index in [-0.39, 0.29) is 18.3 Å². The Kier molecular flexibility index (Phi) is 4.39. The van der Waals surface area contributed by atoms with Gasteiger partial charge in [-0.05, 0) is 39.2 Å². The highest BCUT2D eigenvalue weighted by atomic mass is 16.7. The van der Waals surface area contributed by atoms with E-state index in [1.807, 2.05) is 19.9 Å². The van der Waals surface area contributed by atoms with E-state index in [4.69, 9.17) is 9.31 Å². The van der Waals surface area contributed by atoms with Crippen molar-refractivity contribution in [2.75, 3.05) is 6.54 Å². The quantitative estimate of drug-likeness (QED) is 0.712. The molecular weight excluding hydrogens is 215 g/mol. The summed E-state index contributed by atoms with van der Waals surface area (Å²) < 4.78 is 11.8. The van der Waals surface area contributed by atoms with Gasteiger partial charge in [-0.2, -0.15) is 5.10 Å². The van der Waals surface area contributed by atoms with E-state index in [2.05, 4.69) is 38.2 Å². The molecule has 2 aliphatic rings. The summed E-state index contributed by atoms with van der Waals surface area (Å²) in [4.78, 5) is 0. The van der Waals surface area contributed by atoms with E-state index in [9.17, 15) is 0 Å². The molecule has 0 bridgehead atoms. The molecule has 5 heteroatoms. The van der Waals surface area contributed by atoms with Crippen molar-refractivity contribution in [2.45, 2.75) is 52.7 Å². The summed E-state index contributed by atoms with van der Waals surface area (Å²) in [6, 6.07) is 0. The van der Waals surface area contributed by atoms with Crippen LogP contribution in [0.15, 0.2) is 16.6 Å². The first kappa shape index (κ1) is 14.3. The topological polar surface area (TPSA) is 42.8 Å². The van der Waals surface area contributed by atoms with Crippen LogP contribution in [-0.4, -0.2) is 31.1 Å². The fraction of sp³-hybridized carbons (Fsp3) is 0.750. The van der Waals surface area contributed by atoms with Gasteiger partial charge in [-0.25, -0.2) is 0 Å². The number of hydrogen-bond acceptors (Lipinski definition) is 4. The van der Waals surface area contributed by atoms with Gasteiger partial charge in [0.25, 0.3) is 0 Å². The van der Waals surface area contributed by atoms with Gasteiger partial charge in [-0.3, -0.25) is 0 Å². The van der Waals surface area contributed by atoms with Crippen molar-refractivity contribution >= 4 is 13.3 Å². The first-order chi connectivity index (χ1) is 7.92. The predicted molar refractivity (Wildman–Crippen MR) is 72.0 cm³/mol. The molecule has 2 heterocycles. The summed E-state index contributed by atoms with van der Waals surface area (Å²) in [7, 11) is -0.255. The molecule has 0 amide bonds. The van der Waals surface area contributed by atoms with E-state index in [1.165, 1.54) is 0 Å². The molecule has 0 aromatic rings. The van der Waals surface area contributed by atoms with Crippen molar-refractivity contribution in [1.82, 2.24) is 5.43 Å². The molecule has 0 saturated carbocycles. The number of nitrogens with one attached hydrogen (secondary N) is 1. The van der Waals surface area contributed by atoms with Crippen LogP contribution in [0.4, 0.5) is 0 Å². The maximum Gasteiger partial charge on any atom is 0.492 e. The monoisotopic (exact) mass is 238 g/mol. The number of allylic oxidation sites excluding steroid dienone is 1. The molecular formula is C12H23BN2O2. The molecule has 0 atom stereocenters. The highest BCUT2D eigenvalue weighted by Gasteiger charge is 2.52. The Morgan fingerprint density at radius 3 is 2.12 bits per heavy atom. The van der Waals surface area contributed by atoms with Gasteiger partial charge in [-0.1, -0.05) is 13.8 Å². The van der Waals surface area contributed by atoms with Gasteiger partial charge in [0.15, 0.2) is 0 Å². The first-order valence-corrected chi connectivity index (χ1v) is 6.23. The summed E-state index contributed by atoms with van der Waals surface area (Å²) in [6.45, 7) is 12.9. The molecule has 2 rings (SSSR count). The summed E-state index contributed by atoms with van der Waals surface area (Å²) >= 11 is 0. The van der Waals surface area contributed by atoms with E-state index in [0.29, 0.717) is 6.54 Å². The first-order valence-electron chi connectivity index (χ1n) is 6.23. The Labute approximate surface area is 105 Å². The maximum atomic E-state index is 5.91. The fourth-order valence-electron chi connectivity index (χ4n) is 1.54. The van der Waals surface area contributed by atoms with Gasteiger partial charge in [0.05, 0.1) is 17.7 Å². The SMILES string of the molecule is CC.CC1(C)OB(C2=CC=NNC2)OC1(C)C. The average Bonchev–Trinajstić information content (AvgIpc) is 2.52. The number of hydrogen-bond donors (Lipinski definition) is 1. The van der Waals surface area contributed by atoms with Crippen LogP contribution in [0.1, 0.15) is 41.5 Å². The van der Waals surface area contributed by atoms with E-state index < -0.39 is 0 Å². The largest absolute Gasteiger partial charge is 0.492 e. The lowest BCUT2D eigenvalue weighted by Crippen LogP contribution is -2.41. The Morgan fingerprint density at radius 2 is 1.71 bits per heavy atom. The van der Waals surface area contributed by atoms with Gasteiger partial charge in [0.2, 0.25) is 0 Å². The van der Waals surface area contributed by atoms with Crippen molar-refractivity contribution < 1.29 is 9.31 Å². The van der Waals surface area contributed by atoms with Gasteiger partial charge >= 0.3 is 7.12 Å². The zero-order valence-electron chi connectivity index (χ0n) is 11.7. The second-order valence-corrected chi connectivity index (χ2v) is 4.94. The van der Waals surface area contributed by atoms with Crippen LogP contribution in [0.25, 0.3) is 0 Å². The van der Waals surface area contributed by atoms with Gasteiger partial charge in [0.1, 0.15) is 0 Å². The third kappa shape index (κ3) is 2.90. The minimum Gasteiger partial charge on any atom is -0.400 e. The molecule has 0 aromatic heterocycles. The van der Waals surface area contributed by atoms with Crippen LogP contribution in [0.3, 0.4) is 0 Å². The minimum atomic E-state index is -0.271. The minimum absolute atomic E-state index is 0.255. The molecule has 0 aliphatic carbocycles. The Morgan fingerprint density at radius 1 is 1.18 bits per heavy atom. The van der Waals surface area contributed by atoms with Crippen LogP contribution in [0.5, 0.6) is 0 Å². The molecule has 0 radical (unpaired) electrons. The van der Waals surface area contributed by atoms with Crippen LogP contribution in [0, 0.1) is 0 Å². The smallest absolute Gasteiger partial charge is 0.400 e. The molecule has 0 aromatic carbocycles. The Bertz CT molecular complexity index is 308. The molecule has 4 nitrogen and oxygen atoms in total. The maximum absolute atomic E-state index is 5.91. The molecule has 1 fully saturated rings. The van der Waals surface area contributed by atoms with Crippen LogP contribution >= 0.6 is 0 Å². The second-order valence-electron chi connectivity index (χ2n) is 4.94. The lowest BCUT2D eigenvalue weighted by atomic mass is 9.77. The molecule has 96 valence electrons. The molecule has 17 heavy (non-hydrogen) atoms. The molecule has 2 aliphatic heterocycles. The molecule has 0 unspecified atom stereocenters. The Balaban J connectivity index is 0.000000686. The third-order valence-corrected chi connectivity index (χ3v) is 3.29. The van der Waals surface area contributed by atoms with E-state index >= 15 is 0 Å². The lowest BCUT2D eigenvalue weighted by molar-refractivity contribution is 0.00578. The average molecular weight is 238 g/mol. The van der Waals surface area contributed by atoms with Crippen molar-refractivity contribution in [3.63, 3.8) is 0 Å². The summed E-state index contributed by atoms with van der Waals surface area (Å²) in [6.07, 6.45) is 3.67. The molecule has 1 N–H and O–H groups in total. The third-order valence-electron chi connectivity index (χ3n) is 3.29. The zero-order valence-corrected chi connectivity index (χ0v) is 11.7. The van der Waals surface area contributed by atoms with Gasteiger partial charge < -0.3 is 14.7 Å². The number of nitrogens with zero attached hydrogens (tertiary/aromatic N) is 1. The van der Waals surface area contributed by atoms with Crippen molar-refractivity contribution in [3.05, 3.63) is 11.5 Å². The highest BCUT2D eigenvalue weighted by molar-refractivity contribution is 6.55. The Hall–Kier alpha value is -0.805. The van der Waals surface area contributed by atoms with Crippen LogP contribution in [0.2, 0.25) is 0 Å². The molecule has 1 saturated heterocycles. The van der Waals surface area contributed by atoms with Crippen molar-refractivity contribution in [1.29, 1.82) is 0 Å². The summed E-state index contributed by atoms with van der Waals surface area (Å²) in [5.74, 6) is 0. The normalized spacial score (nSPS) is 24.6.